The molecule has 3 aromatic heterocycles. The molecule has 0 spiro atoms. The van der Waals surface area contributed by atoms with E-state index in [-0.39, 0.29) is 12.5 Å². The lowest BCUT2D eigenvalue weighted by molar-refractivity contribution is -0.117. The van der Waals surface area contributed by atoms with Crippen molar-refractivity contribution in [2.45, 2.75) is 26.9 Å². The normalized spacial score (nSPS) is 10.9. The average Bonchev–Trinajstić information content (AvgIpc) is 3.58. The van der Waals surface area contributed by atoms with Gasteiger partial charge in [-0.15, -0.1) is 0 Å². The van der Waals surface area contributed by atoms with Gasteiger partial charge in [0.05, 0.1) is 44.8 Å². The van der Waals surface area contributed by atoms with Crippen molar-refractivity contribution in [3.05, 3.63) is 89.4 Å². The highest BCUT2D eigenvalue weighted by Crippen LogP contribution is 2.30. The Morgan fingerprint density at radius 1 is 1.06 bits per heavy atom. The van der Waals surface area contributed by atoms with Crippen LogP contribution in [-0.2, 0) is 17.9 Å². The van der Waals surface area contributed by atoms with Crippen LogP contribution in [0.15, 0.2) is 69.9 Å². The van der Waals surface area contributed by atoms with Crippen LogP contribution in [0.3, 0.4) is 0 Å². The third-order valence-electron chi connectivity index (χ3n) is 5.70. The molecule has 3 heterocycles. The van der Waals surface area contributed by atoms with Gasteiger partial charge in [-0.3, -0.25) is 14.3 Å². The van der Waals surface area contributed by atoms with Gasteiger partial charge in [0.1, 0.15) is 29.2 Å². The average molecular weight is 459 g/mol. The van der Waals surface area contributed by atoms with Crippen molar-refractivity contribution in [1.29, 1.82) is 5.26 Å². The number of hydrogen-bond donors (Lipinski definition) is 1. The van der Waals surface area contributed by atoms with E-state index in [0.29, 0.717) is 24.5 Å². The molecule has 0 radical (unpaired) electrons. The summed E-state index contributed by atoms with van der Waals surface area (Å²) < 4.78 is 18.1. The standard InChI is InChI=1S/C26H26N4O4/c1-18-19(2)30(20-8-10-21(32-3)11-9-20)26(24(18)14-27)28-25(31)17-29(15-22-6-4-12-33-22)16-23-7-5-13-34-23/h4-13H,15-17H2,1-3H3,(H,28,31). The van der Waals surface area contributed by atoms with Crippen molar-refractivity contribution in [1.82, 2.24) is 9.47 Å². The first-order valence-electron chi connectivity index (χ1n) is 10.8. The summed E-state index contributed by atoms with van der Waals surface area (Å²) >= 11 is 0. The number of carbonyl (C=O) groups excluding carboxylic acids is 1. The molecular weight excluding hydrogens is 432 g/mol. The van der Waals surface area contributed by atoms with Crippen LogP contribution < -0.4 is 10.1 Å². The fourth-order valence-electron chi connectivity index (χ4n) is 3.90. The summed E-state index contributed by atoms with van der Waals surface area (Å²) in [5.41, 5.74) is 2.95. The highest BCUT2D eigenvalue weighted by molar-refractivity contribution is 5.93. The molecule has 174 valence electrons. The summed E-state index contributed by atoms with van der Waals surface area (Å²) in [7, 11) is 1.61. The van der Waals surface area contributed by atoms with Crippen molar-refractivity contribution in [2.75, 3.05) is 19.0 Å². The molecule has 0 bridgehead atoms. The first-order chi connectivity index (χ1) is 16.5. The summed E-state index contributed by atoms with van der Waals surface area (Å²) in [6.07, 6.45) is 3.21. The smallest absolute Gasteiger partial charge is 0.239 e. The van der Waals surface area contributed by atoms with E-state index in [9.17, 15) is 10.1 Å². The van der Waals surface area contributed by atoms with Gasteiger partial charge in [0.2, 0.25) is 5.91 Å². The second kappa shape index (κ2) is 10.1. The number of furan rings is 2. The first-order valence-corrected chi connectivity index (χ1v) is 10.8. The van der Waals surface area contributed by atoms with Crippen molar-refractivity contribution >= 4 is 11.7 Å². The SMILES string of the molecule is COc1ccc(-n2c(C)c(C)c(C#N)c2NC(=O)CN(Cc2ccco2)Cc2ccco2)cc1. The minimum absolute atomic E-state index is 0.0815. The molecule has 0 fully saturated rings. The van der Waals surface area contributed by atoms with E-state index in [1.54, 1.807) is 19.6 Å². The minimum Gasteiger partial charge on any atom is -0.497 e. The van der Waals surface area contributed by atoms with Crippen molar-refractivity contribution in [3.63, 3.8) is 0 Å². The van der Waals surface area contributed by atoms with E-state index in [4.69, 9.17) is 13.6 Å². The predicted octanol–water partition coefficient (Wildman–Crippen LogP) is 4.80. The lowest BCUT2D eigenvalue weighted by Gasteiger charge is -2.20. The number of amides is 1. The maximum absolute atomic E-state index is 13.2. The summed E-state index contributed by atoms with van der Waals surface area (Å²) in [6, 6.07) is 17.1. The van der Waals surface area contributed by atoms with Crippen LogP contribution in [0.2, 0.25) is 0 Å². The monoisotopic (exact) mass is 458 g/mol. The van der Waals surface area contributed by atoms with E-state index in [1.807, 2.05) is 71.8 Å². The van der Waals surface area contributed by atoms with Crippen LogP contribution in [0.25, 0.3) is 5.69 Å². The molecule has 0 atom stereocenters. The number of nitrogens with one attached hydrogen (secondary N) is 1. The molecule has 8 heteroatoms. The highest BCUT2D eigenvalue weighted by atomic mass is 16.5. The van der Waals surface area contributed by atoms with Gasteiger partial charge in [-0.25, -0.2) is 0 Å². The number of carbonyl (C=O) groups is 1. The molecule has 0 aliphatic heterocycles. The number of aromatic nitrogens is 1. The Bertz CT molecular complexity index is 1240. The Balaban J connectivity index is 1.60. The van der Waals surface area contributed by atoms with Gasteiger partial charge >= 0.3 is 0 Å². The number of hydrogen-bond acceptors (Lipinski definition) is 6. The maximum atomic E-state index is 13.2. The molecule has 0 saturated heterocycles. The zero-order valence-corrected chi connectivity index (χ0v) is 19.4. The lowest BCUT2D eigenvalue weighted by atomic mass is 10.2. The largest absolute Gasteiger partial charge is 0.497 e. The number of benzene rings is 1. The van der Waals surface area contributed by atoms with E-state index in [0.717, 1.165) is 34.2 Å². The highest BCUT2D eigenvalue weighted by Gasteiger charge is 2.22. The van der Waals surface area contributed by atoms with E-state index < -0.39 is 0 Å². The number of ether oxygens (including phenoxy) is 1. The Hall–Kier alpha value is -4.22. The van der Waals surface area contributed by atoms with Gasteiger partial charge in [-0.2, -0.15) is 5.26 Å². The van der Waals surface area contributed by atoms with Crippen LogP contribution in [0.1, 0.15) is 28.3 Å². The van der Waals surface area contributed by atoms with Crippen molar-refractivity contribution in [2.24, 2.45) is 0 Å². The van der Waals surface area contributed by atoms with E-state index in [2.05, 4.69) is 11.4 Å². The molecule has 0 aliphatic rings. The van der Waals surface area contributed by atoms with Crippen LogP contribution in [-0.4, -0.2) is 29.0 Å². The Morgan fingerprint density at radius 3 is 2.18 bits per heavy atom. The molecule has 0 aliphatic carbocycles. The molecule has 8 nitrogen and oxygen atoms in total. The van der Waals surface area contributed by atoms with Crippen LogP contribution in [0.4, 0.5) is 5.82 Å². The van der Waals surface area contributed by atoms with Crippen LogP contribution in [0.5, 0.6) is 5.75 Å². The number of nitriles is 1. The third-order valence-corrected chi connectivity index (χ3v) is 5.70. The molecule has 34 heavy (non-hydrogen) atoms. The van der Waals surface area contributed by atoms with Gasteiger partial charge in [0.15, 0.2) is 0 Å². The number of anilines is 1. The molecule has 4 aromatic rings. The molecule has 0 unspecified atom stereocenters. The zero-order valence-electron chi connectivity index (χ0n) is 19.4. The number of methoxy groups -OCH3 is 1. The summed E-state index contributed by atoms with van der Waals surface area (Å²) in [4.78, 5) is 15.1. The molecule has 1 amide bonds. The summed E-state index contributed by atoms with van der Waals surface area (Å²) in [5, 5.41) is 12.8. The zero-order chi connectivity index (χ0) is 24.1. The Morgan fingerprint density at radius 2 is 1.68 bits per heavy atom. The molecule has 0 saturated carbocycles. The molecule has 4 rings (SSSR count). The van der Waals surface area contributed by atoms with Gasteiger partial charge in [-0.05, 0) is 67.9 Å². The fraction of sp³-hybridized carbons (Fsp3) is 0.231. The third kappa shape index (κ3) is 4.90. The van der Waals surface area contributed by atoms with Gasteiger partial charge < -0.3 is 18.9 Å². The minimum atomic E-state index is -0.248. The van der Waals surface area contributed by atoms with Crippen LogP contribution in [0, 0.1) is 25.2 Å². The summed E-state index contributed by atoms with van der Waals surface area (Å²) in [6.45, 7) is 4.76. The van der Waals surface area contributed by atoms with Crippen molar-refractivity contribution in [3.8, 4) is 17.5 Å². The fourth-order valence-corrected chi connectivity index (χ4v) is 3.90. The van der Waals surface area contributed by atoms with Gasteiger partial charge in [-0.1, -0.05) is 0 Å². The van der Waals surface area contributed by atoms with Crippen molar-refractivity contribution < 1.29 is 18.4 Å². The second-order valence-corrected chi connectivity index (χ2v) is 7.93. The topological polar surface area (TPSA) is 96.6 Å². The van der Waals surface area contributed by atoms with E-state index in [1.165, 1.54) is 0 Å². The molecule has 1 aromatic carbocycles. The molecular formula is C26H26N4O4. The first kappa shape index (κ1) is 23.0. The number of rotatable bonds is 9. The predicted molar refractivity (Wildman–Crippen MR) is 127 cm³/mol. The van der Waals surface area contributed by atoms with Crippen LogP contribution >= 0.6 is 0 Å². The summed E-state index contributed by atoms with van der Waals surface area (Å²) in [5.74, 6) is 2.41. The van der Waals surface area contributed by atoms with Gasteiger partial charge in [0, 0.05) is 11.4 Å². The Labute approximate surface area is 198 Å². The second-order valence-electron chi connectivity index (χ2n) is 7.93. The van der Waals surface area contributed by atoms with Gasteiger partial charge in [0.25, 0.3) is 0 Å². The van der Waals surface area contributed by atoms with E-state index >= 15 is 0 Å². The quantitative estimate of drug-likeness (QED) is 0.387. The number of nitrogens with zero attached hydrogens (tertiary/aromatic N) is 3. The Kier molecular flexibility index (Phi) is 6.85. The molecule has 1 N–H and O–H groups in total. The maximum Gasteiger partial charge on any atom is 0.239 e. The lowest BCUT2D eigenvalue weighted by Crippen LogP contribution is -2.33.